The van der Waals surface area contributed by atoms with E-state index in [4.69, 9.17) is 46.8 Å². The highest BCUT2D eigenvalue weighted by Gasteiger charge is 2.53. The molecule has 0 N–H and O–H groups in total. The van der Waals surface area contributed by atoms with Crippen LogP contribution in [0.25, 0.3) is 56.7 Å². The van der Waals surface area contributed by atoms with Gasteiger partial charge in [-0.1, -0.05) is 99.8 Å². The smallest absolute Gasteiger partial charge is 0.399 e. The molecular formula is C63H57B2BrCl2N6O7. The number of halogens is 3. The lowest BCUT2D eigenvalue weighted by atomic mass is 9.75. The summed E-state index contributed by atoms with van der Waals surface area (Å²) in [4.78, 5) is 59.7. The van der Waals surface area contributed by atoms with Crippen LogP contribution in [0.2, 0.25) is 10.0 Å². The van der Waals surface area contributed by atoms with Crippen LogP contribution in [0, 0.1) is 0 Å². The van der Waals surface area contributed by atoms with Crippen LogP contribution >= 0.6 is 39.1 Å². The van der Waals surface area contributed by atoms with Crippen molar-refractivity contribution in [2.24, 2.45) is 0 Å². The van der Waals surface area contributed by atoms with E-state index >= 15 is 0 Å². The van der Waals surface area contributed by atoms with Crippen LogP contribution < -0.4 is 11.1 Å². The van der Waals surface area contributed by atoms with Gasteiger partial charge in [0.1, 0.15) is 6.29 Å². The Morgan fingerprint density at radius 3 is 1.19 bits per heavy atom. The summed E-state index contributed by atoms with van der Waals surface area (Å²) >= 11 is 15.0. The van der Waals surface area contributed by atoms with Crippen molar-refractivity contribution in [3.05, 3.63) is 214 Å². The van der Waals surface area contributed by atoms with Crippen LogP contribution in [0.1, 0.15) is 86.5 Å². The Morgan fingerprint density at radius 1 is 0.395 bits per heavy atom. The SMILES string of the molecule is CC1(C)OB(c2cc(-c3cccc(-c4ccccn4)n3)ccc2C=O)OC1(C)C.CC1(C)OB(c2cccc(-c3ccccn3)n2)OC1(C)C.O=Cc1ccc(-c2cccc(-c3ccccn3)n2)cc1Cl.O=Cc1ccc(Br)cc1Cl. The number of aldehydes is 3. The van der Waals surface area contributed by atoms with Crippen LogP contribution in [-0.2, 0) is 18.6 Å². The molecule has 3 aromatic carbocycles. The minimum atomic E-state index is -0.612. The highest BCUT2D eigenvalue weighted by molar-refractivity contribution is 9.10. The highest BCUT2D eigenvalue weighted by atomic mass is 79.9. The first-order chi connectivity index (χ1) is 38.7. The quantitative estimate of drug-likeness (QED) is 0.0939. The number of carbonyl (C=O) groups is 3. The zero-order valence-electron chi connectivity index (χ0n) is 45.9. The Kier molecular flexibility index (Phi) is 19.2. The van der Waals surface area contributed by atoms with E-state index < -0.39 is 25.4 Å². The number of aromatic nitrogens is 6. The van der Waals surface area contributed by atoms with Gasteiger partial charge >= 0.3 is 14.2 Å². The fourth-order valence-electron chi connectivity index (χ4n) is 8.10. The molecule has 81 heavy (non-hydrogen) atoms. The molecule has 8 heterocycles. The van der Waals surface area contributed by atoms with Gasteiger partial charge in [0.15, 0.2) is 12.6 Å². The third-order valence-electron chi connectivity index (χ3n) is 14.1. The molecule has 2 aliphatic rings. The average Bonchev–Trinajstić information content (AvgIpc) is 4.07. The molecule has 408 valence electrons. The number of nitrogens with zero attached hydrogens (tertiary/aromatic N) is 6. The summed E-state index contributed by atoms with van der Waals surface area (Å²) in [5.74, 6) is 0. The van der Waals surface area contributed by atoms with Crippen molar-refractivity contribution in [1.29, 1.82) is 0 Å². The van der Waals surface area contributed by atoms with Crippen LogP contribution in [0.4, 0.5) is 0 Å². The molecule has 0 radical (unpaired) electrons. The number of hydrogen-bond acceptors (Lipinski definition) is 13. The van der Waals surface area contributed by atoms with E-state index in [0.717, 1.165) is 85.6 Å². The molecule has 6 aromatic heterocycles. The molecule has 0 bridgehead atoms. The molecule has 2 fully saturated rings. The molecule has 0 unspecified atom stereocenters. The lowest BCUT2D eigenvalue weighted by Gasteiger charge is -2.32. The summed E-state index contributed by atoms with van der Waals surface area (Å²) in [6, 6.07) is 50.6. The van der Waals surface area contributed by atoms with Crippen LogP contribution in [0.5, 0.6) is 0 Å². The number of benzene rings is 3. The topological polar surface area (TPSA) is 165 Å². The van der Waals surface area contributed by atoms with Crippen molar-refractivity contribution in [3.63, 3.8) is 0 Å². The van der Waals surface area contributed by atoms with Crippen LogP contribution in [-0.4, -0.2) is 85.4 Å². The van der Waals surface area contributed by atoms with Crippen molar-refractivity contribution in [1.82, 2.24) is 29.9 Å². The minimum absolute atomic E-state index is 0.361. The maximum absolute atomic E-state index is 11.7. The summed E-state index contributed by atoms with van der Waals surface area (Å²) in [5, 5.41) is 0.900. The molecule has 2 aliphatic heterocycles. The fraction of sp³-hybridized carbons (Fsp3) is 0.190. The Labute approximate surface area is 491 Å². The third kappa shape index (κ3) is 14.6. The zero-order valence-corrected chi connectivity index (χ0v) is 49.0. The number of rotatable bonds is 10. The largest absolute Gasteiger partial charge is 0.514 e. The second-order valence-corrected chi connectivity index (χ2v) is 22.4. The second kappa shape index (κ2) is 26.0. The molecule has 13 nitrogen and oxygen atoms in total. The Balaban J connectivity index is 0.000000149. The summed E-state index contributed by atoms with van der Waals surface area (Å²) in [6.07, 6.45) is 7.55. The summed E-state index contributed by atoms with van der Waals surface area (Å²) < 4.78 is 25.3. The van der Waals surface area contributed by atoms with Gasteiger partial charge in [-0.15, -0.1) is 0 Å². The van der Waals surface area contributed by atoms with Gasteiger partial charge < -0.3 is 18.6 Å². The standard InChI is InChI=1S/C23H23BN2O3.C17H11ClN2O.C16H19BN2O2.C7H4BrClO/c1-22(2)23(3,4)29-24(28-22)18-14-16(11-12-17(18)15-27)19-9-7-10-21(26-19)20-8-5-6-13-25-20;18-14-10-12(7-8-13(14)11-21)15-5-3-6-17(20-15)16-4-1-2-9-19-16;1-15(2)16(3,4)21-17(20-15)14-10-7-9-13(19-14)12-8-5-6-11-18-12;8-6-2-1-5(4-10)7(9)3-6/h5-15H,1-4H3;1-11H;5-11H,1-4H3;1-4H. The summed E-state index contributed by atoms with van der Waals surface area (Å²) in [7, 11) is -1.06. The van der Waals surface area contributed by atoms with E-state index in [1.165, 1.54) is 0 Å². The minimum Gasteiger partial charge on any atom is -0.399 e. The normalized spacial score (nSPS) is 15.1. The Hall–Kier alpha value is -7.40. The molecule has 0 aliphatic carbocycles. The van der Waals surface area contributed by atoms with E-state index in [9.17, 15) is 14.4 Å². The van der Waals surface area contributed by atoms with Crippen molar-refractivity contribution >= 4 is 83.3 Å². The Bertz CT molecular complexity index is 3630. The first-order valence-electron chi connectivity index (χ1n) is 25.8. The third-order valence-corrected chi connectivity index (χ3v) is 15.2. The average molecular weight is 1180 g/mol. The van der Waals surface area contributed by atoms with Gasteiger partial charge in [0.2, 0.25) is 0 Å². The number of pyridine rings is 6. The zero-order chi connectivity index (χ0) is 58.0. The van der Waals surface area contributed by atoms with Gasteiger partial charge in [-0.05, 0) is 170 Å². The molecule has 2 saturated heterocycles. The van der Waals surface area contributed by atoms with Gasteiger partial charge in [0.05, 0.1) is 83.6 Å². The Morgan fingerprint density at radius 2 is 0.765 bits per heavy atom. The molecule has 0 amide bonds. The molecule has 11 rings (SSSR count). The van der Waals surface area contributed by atoms with Gasteiger partial charge in [-0.2, -0.15) is 0 Å². The van der Waals surface area contributed by atoms with Gasteiger partial charge in [0.25, 0.3) is 0 Å². The van der Waals surface area contributed by atoms with Gasteiger partial charge in [-0.3, -0.25) is 34.3 Å². The van der Waals surface area contributed by atoms with E-state index in [-0.39, 0.29) is 11.2 Å². The molecule has 9 aromatic rings. The van der Waals surface area contributed by atoms with Crippen LogP contribution in [0.3, 0.4) is 0 Å². The van der Waals surface area contributed by atoms with Crippen molar-refractivity contribution in [2.75, 3.05) is 0 Å². The molecule has 0 saturated carbocycles. The lowest BCUT2D eigenvalue weighted by molar-refractivity contribution is 0.00578. The highest BCUT2D eigenvalue weighted by Crippen LogP contribution is 2.38. The fourth-order valence-corrected chi connectivity index (χ4v) is 9.05. The number of carbonyl (C=O) groups excluding carboxylic acids is 3. The lowest BCUT2D eigenvalue weighted by Crippen LogP contribution is -2.41. The van der Waals surface area contributed by atoms with E-state index in [1.54, 1.807) is 55.0 Å². The van der Waals surface area contributed by atoms with Crippen molar-refractivity contribution in [3.8, 4) is 56.7 Å². The molecule has 18 heteroatoms. The maximum Gasteiger partial charge on any atom is 0.514 e. The summed E-state index contributed by atoms with van der Waals surface area (Å²) in [6.45, 7) is 16.1. The predicted octanol–water partition coefficient (Wildman–Crippen LogP) is 13.6. The van der Waals surface area contributed by atoms with Gasteiger partial charge in [-0.25, -0.2) is 9.97 Å². The second-order valence-electron chi connectivity index (χ2n) is 20.7. The molecule has 0 atom stereocenters. The first kappa shape index (κ1) is 59.7. The van der Waals surface area contributed by atoms with E-state index in [0.29, 0.717) is 32.2 Å². The van der Waals surface area contributed by atoms with Crippen molar-refractivity contribution < 1.29 is 33.0 Å². The molecule has 0 spiro atoms. The van der Waals surface area contributed by atoms with Gasteiger partial charge in [0, 0.05) is 45.3 Å². The summed E-state index contributed by atoms with van der Waals surface area (Å²) in [5.41, 5.74) is 9.55. The van der Waals surface area contributed by atoms with Crippen LogP contribution in [0.15, 0.2) is 187 Å². The monoisotopic (exact) mass is 1180 g/mol. The van der Waals surface area contributed by atoms with Crippen molar-refractivity contribution in [2.45, 2.75) is 77.8 Å². The number of hydrogen-bond donors (Lipinski definition) is 0. The first-order valence-corrected chi connectivity index (χ1v) is 27.4. The maximum atomic E-state index is 11.7. The molecular weight excluding hydrogens is 1130 g/mol. The predicted molar refractivity (Wildman–Crippen MR) is 325 cm³/mol. The van der Waals surface area contributed by atoms with E-state index in [1.807, 2.05) is 183 Å². The van der Waals surface area contributed by atoms with E-state index in [2.05, 4.69) is 40.8 Å².